The van der Waals surface area contributed by atoms with Gasteiger partial charge in [0.2, 0.25) is 11.8 Å². The van der Waals surface area contributed by atoms with Crippen molar-refractivity contribution >= 4 is 11.5 Å². The highest BCUT2D eigenvalue weighted by molar-refractivity contribution is 5.61. The summed E-state index contributed by atoms with van der Waals surface area (Å²) in [5.74, 6) is 1.77. The van der Waals surface area contributed by atoms with Crippen molar-refractivity contribution in [1.82, 2.24) is 4.98 Å². The third kappa shape index (κ3) is 3.96. The first kappa shape index (κ1) is 16.4. The van der Waals surface area contributed by atoms with Crippen LogP contribution in [0, 0.1) is 0 Å². The largest absolute Gasteiger partial charge is 0.421 e. The van der Waals surface area contributed by atoms with Crippen molar-refractivity contribution in [3.63, 3.8) is 0 Å². The number of oxazole rings is 1. The molecule has 25 heavy (non-hydrogen) atoms. The standard InChI is InChI=1S/C21H26N2O2/c1-2-7-11-18(10-6-1)20-22-19(16-17-8-4-3-5-9-17)21(25-20)23-12-14-24-15-13-23/h3-5,8-10H,1-2,6-7,11-16H2. The van der Waals surface area contributed by atoms with Crippen LogP contribution in [0.5, 0.6) is 0 Å². The third-order valence-corrected chi connectivity index (χ3v) is 5.01. The fourth-order valence-electron chi connectivity index (χ4n) is 3.61. The topological polar surface area (TPSA) is 38.5 Å². The van der Waals surface area contributed by atoms with E-state index in [9.17, 15) is 0 Å². The smallest absolute Gasteiger partial charge is 0.224 e. The van der Waals surface area contributed by atoms with Crippen LogP contribution in [0.3, 0.4) is 0 Å². The summed E-state index contributed by atoms with van der Waals surface area (Å²) in [6.45, 7) is 3.25. The van der Waals surface area contributed by atoms with Crippen LogP contribution in [0.2, 0.25) is 0 Å². The molecule has 0 radical (unpaired) electrons. The van der Waals surface area contributed by atoms with Crippen LogP contribution in [0.1, 0.15) is 49.3 Å². The first-order valence-corrected chi connectivity index (χ1v) is 9.46. The normalized spacial score (nSPS) is 18.7. The number of hydrogen-bond acceptors (Lipinski definition) is 4. The van der Waals surface area contributed by atoms with Gasteiger partial charge in [0.1, 0.15) is 5.69 Å². The molecule has 0 atom stereocenters. The number of morpholine rings is 1. The molecule has 0 saturated carbocycles. The van der Waals surface area contributed by atoms with Crippen LogP contribution in [0.4, 0.5) is 5.88 Å². The third-order valence-electron chi connectivity index (χ3n) is 5.01. The van der Waals surface area contributed by atoms with Gasteiger partial charge in [-0.3, -0.25) is 0 Å². The Morgan fingerprint density at radius 3 is 2.68 bits per heavy atom. The highest BCUT2D eigenvalue weighted by atomic mass is 16.5. The number of allylic oxidation sites excluding steroid dienone is 2. The van der Waals surface area contributed by atoms with Crippen LogP contribution in [0.25, 0.3) is 5.57 Å². The van der Waals surface area contributed by atoms with E-state index in [-0.39, 0.29) is 0 Å². The van der Waals surface area contributed by atoms with E-state index in [1.54, 1.807) is 0 Å². The van der Waals surface area contributed by atoms with E-state index >= 15 is 0 Å². The second-order valence-corrected chi connectivity index (χ2v) is 6.86. The number of benzene rings is 1. The summed E-state index contributed by atoms with van der Waals surface area (Å²) >= 11 is 0. The molecule has 1 aliphatic heterocycles. The van der Waals surface area contributed by atoms with Crippen molar-refractivity contribution in [3.05, 3.63) is 53.6 Å². The van der Waals surface area contributed by atoms with Gasteiger partial charge in [-0.05, 0) is 31.2 Å². The zero-order valence-corrected chi connectivity index (χ0v) is 14.7. The molecule has 132 valence electrons. The van der Waals surface area contributed by atoms with Gasteiger partial charge in [0.25, 0.3) is 0 Å². The molecule has 1 aromatic heterocycles. The van der Waals surface area contributed by atoms with Crippen LogP contribution < -0.4 is 4.90 Å². The predicted molar refractivity (Wildman–Crippen MR) is 99.8 cm³/mol. The Balaban J connectivity index is 1.65. The summed E-state index contributed by atoms with van der Waals surface area (Å²) in [6.07, 6.45) is 9.16. The summed E-state index contributed by atoms with van der Waals surface area (Å²) in [5.41, 5.74) is 3.60. The van der Waals surface area contributed by atoms with Crippen LogP contribution in [-0.4, -0.2) is 31.3 Å². The molecule has 4 nitrogen and oxygen atoms in total. The average Bonchev–Trinajstić information content (AvgIpc) is 2.89. The Labute approximate surface area is 149 Å². The van der Waals surface area contributed by atoms with E-state index in [2.05, 4.69) is 41.3 Å². The molecular weight excluding hydrogens is 312 g/mol. The minimum Gasteiger partial charge on any atom is -0.421 e. The molecule has 2 heterocycles. The Morgan fingerprint density at radius 1 is 1.00 bits per heavy atom. The molecule has 0 amide bonds. The fraction of sp³-hybridized carbons (Fsp3) is 0.476. The Bertz CT molecular complexity index is 715. The van der Waals surface area contributed by atoms with Gasteiger partial charge >= 0.3 is 0 Å². The number of nitrogens with zero attached hydrogens (tertiary/aromatic N) is 2. The van der Waals surface area contributed by atoms with Gasteiger partial charge in [0.15, 0.2) is 0 Å². The molecule has 2 aromatic rings. The zero-order valence-electron chi connectivity index (χ0n) is 14.7. The van der Waals surface area contributed by atoms with Crippen molar-refractivity contribution in [1.29, 1.82) is 0 Å². The Hall–Kier alpha value is -2.07. The minimum atomic E-state index is 0.753. The summed E-state index contributed by atoms with van der Waals surface area (Å²) in [4.78, 5) is 7.22. The van der Waals surface area contributed by atoms with Crippen molar-refractivity contribution < 1.29 is 9.15 Å². The van der Waals surface area contributed by atoms with Gasteiger partial charge < -0.3 is 14.1 Å². The monoisotopic (exact) mass is 338 g/mol. The molecule has 4 heteroatoms. The lowest BCUT2D eigenvalue weighted by Crippen LogP contribution is -2.36. The summed E-state index contributed by atoms with van der Waals surface area (Å²) in [7, 11) is 0. The number of aromatic nitrogens is 1. The highest BCUT2D eigenvalue weighted by Gasteiger charge is 2.23. The van der Waals surface area contributed by atoms with Crippen LogP contribution in [0.15, 0.2) is 40.8 Å². The van der Waals surface area contributed by atoms with E-state index in [4.69, 9.17) is 14.1 Å². The van der Waals surface area contributed by atoms with Gasteiger partial charge in [-0.15, -0.1) is 0 Å². The van der Waals surface area contributed by atoms with Crippen molar-refractivity contribution in [2.24, 2.45) is 0 Å². The maximum absolute atomic E-state index is 6.31. The number of ether oxygens (including phenoxy) is 1. The second-order valence-electron chi connectivity index (χ2n) is 6.86. The van der Waals surface area contributed by atoms with Gasteiger partial charge in [-0.1, -0.05) is 42.8 Å². The molecule has 4 rings (SSSR count). The van der Waals surface area contributed by atoms with Gasteiger partial charge in [-0.25, -0.2) is 4.98 Å². The number of anilines is 1. The lowest BCUT2D eigenvalue weighted by Gasteiger charge is -2.26. The first-order chi connectivity index (χ1) is 12.4. The average molecular weight is 338 g/mol. The van der Waals surface area contributed by atoms with Gasteiger partial charge in [0.05, 0.1) is 13.2 Å². The minimum absolute atomic E-state index is 0.753. The lowest BCUT2D eigenvalue weighted by molar-refractivity contribution is 0.120. The summed E-state index contributed by atoms with van der Waals surface area (Å²) < 4.78 is 11.8. The molecule has 0 N–H and O–H groups in total. The fourth-order valence-corrected chi connectivity index (χ4v) is 3.61. The maximum Gasteiger partial charge on any atom is 0.224 e. The van der Waals surface area contributed by atoms with E-state index in [1.165, 1.54) is 30.4 Å². The molecular formula is C21H26N2O2. The molecule has 1 fully saturated rings. The van der Waals surface area contributed by atoms with Crippen molar-refractivity contribution in [2.45, 2.75) is 38.5 Å². The molecule has 0 bridgehead atoms. The van der Waals surface area contributed by atoms with Gasteiger partial charge in [0, 0.05) is 25.1 Å². The summed E-state index contributed by atoms with van der Waals surface area (Å²) in [5, 5.41) is 0. The quantitative estimate of drug-likeness (QED) is 0.825. The Morgan fingerprint density at radius 2 is 1.84 bits per heavy atom. The van der Waals surface area contributed by atoms with E-state index in [0.29, 0.717) is 0 Å². The number of hydrogen-bond donors (Lipinski definition) is 0. The Kier molecular flexibility index (Phi) is 5.17. The van der Waals surface area contributed by atoms with Gasteiger partial charge in [-0.2, -0.15) is 0 Å². The highest BCUT2D eigenvalue weighted by Crippen LogP contribution is 2.32. The second kappa shape index (κ2) is 7.87. The molecule has 1 aromatic carbocycles. The summed E-state index contributed by atoms with van der Waals surface area (Å²) in [6, 6.07) is 10.5. The molecule has 1 aliphatic carbocycles. The van der Waals surface area contributed by atoms with Crippen LogP contribution >= 0.6 is 0 Å². The van der Waals surface area contributed by atoms with Crippen molar-refractivity contribution in [3.8, 4) is 0 Å². The molecule has 1 saturated heterocycles. The molecule has 0 spiro atoms. The SMILES string of the molecule is C1=C(c2nc(Cc3ccccc3)c(N3CCOCC3)o2)CCCCC1. The van der Waals surface area contributed by atoms with E-state index in [0.717, 1.165) is 63.0 Å². The molecule has 0 unspecified atom stereocenters. The lowest BCUT2D eigenvalue weighted by atomic mass is 10.1. The molecule has 2 aliphatic rings. The van der Waals surface area contributed by atoms with E-state index in [1.807, 2.05) is 0 Å². The first-order valence-electron chi connectivity index (χ1n) is 9.46. The maximum atomic E-state index is 6.31. The van der Waals surface area contributed by atoms with E-state index < -0.39 is 0 Å². The van der Waals surface area contributed by atoms with Crippen molar-refractivity contribution in [2.75, 3.05) is 31.2 Å². The van der Waals surface area contributed by atoms with Crippen LogP contribution in [-0.2, 0) is 11.2 Å². The predicted octanol–water partition coefficient (Wildman–Crippen LogP) is 4.45. The number of rotatable bonds is 4. The zero-order chi connectivity index (χ0) is 16.9.